The molecule has 2 unspecified atom stereocenters. The first-order valence-electron chi connectivity index (χ1n) is 5.95. The van der Waals surface area contributed by atoms with Crippen molar-refractivity contribution in [1.29, 1.82) is 0 Å². The highest BCUT2D eigenvalue weighted by molar-refractivity contribution is 5.72. The van der Waals surface area contributed by atoms with Crippen molar-refractivity contribution in [3.05, 3.63) is 35.4 Å². The standard InChI is InChI=1S/C13H18N2O2/c14-7-9-1-3-10(4-2-9)11-5-6-15-8-12(11)13(16)17/h1-4,11-12,15H,5-8,14H2,(H,16,17). The quantitative estimate of drug-likeness (QED) is 0.727. The maximum Gasteiger partial charge on any atom is 0.308 e. The minimum atomic E-state index is -0.717. The average Bonchev–Trinajstić information content (AvgIpc) is 2.39. The van der Waals surface area contributed by atoms with Gasteiger partial charge in [0.25, 0.3) is 0 Å². The lowest BCUT2D eigenvalue weighted by atomic mass is 9.81. The molecule has 1 heterocycles. The normalized spacial score (nSPS) is 24.5. The summed E-state index contributed by atoms with van der Waals surface area (Å²) in [6.07, 6.45) is 0.874. The Kier molecular flexibility index (Phi) is 3.76. The van der Waals surface area contributed by atoms with Crippen LogP contribution >= 0.6 is 0 Å². The van der Waals surface area contributed by atoms with Crippen LogP contribution in [0.2, 0.25) is 0 Å². The maximum atomic E-state index is 11.2. The van der Waals surface area contributed by atoms with E-state index in [0.717, 1.165) is 24.1 Å². The maximum absolute atomic E-state index is 11.2. The van der Waals surface area contributed by atoms with Crippen molar-refractivity contribution in [2.75, 3.05) is 13.1 Å². The average molecular weight is 234 g/mol. The minimum absolute atomic E-state index is 0.112. The van der Waals surface area contributed by atoms with E-state index in [0.29, 0.717) is 13.1 Å². The summed E-state index contributed by atoms with van der Waals surface area (Å²) in [5, 5.41) is 12.3. The molecule has 0 saturated carbocycles. The van der Waals surface area contributed by atoms with Gasteiger partial charge in [0.05, 0.1) is 5.92 Å². The zero-order valence-electron chi connectivity index (χ0n) is 9.73. The zero-order chi connectivity index (χ0) is 12.3. The monoisotopic (exact) mass is 234 g/mol. The molecule has 0 amide bonds. The zero-order valence-corrected chi connectivity index (χ0v) is 9.73. The third-order valence-corrected chi connectivity index (χ3v) is 3.44. The van der Waals surface area contributed by atoms with E-state index >= 15 is 0 Å². The van der Waals surface area contributed by atoms with Crippen LogP contribution in [0.3, 0.4) is 0 Å². The van der Waals surface area contributed by atoms with E-state index in [1.54, 1.807) is 0 Å². The number of piperidine rings is 1. The van der Waals surface area contributed by atoms with Crippen molar-refractivity contribution < 1.29 is 9.90 Å². The van der Waals surface area contributed by atoms with Gasteiger partial charge in [0, 0.05) is 13.1 Å². The first kappa shape index (κ1) is 12.1. The van der Waals surface area contributed by atoms with Gasteiger partial charge in [0.2, 0.25) is 0 Å². The van der Waals surface area contributed by atoms with Gasteiger partial charge in [0.15, 0.2) is 0 Å². The molecule has 92 valence electrons. The number of carboxylic acids is 1. The fourth-order valence-corrected chi connectivity index (χ4v) is 2.42. The molecule has 1 aliphatic heterocycles. The van der Waals surface area contributed by atoms with Crippen LogP contribution in [-0.2, 0) is 11.3 Å². The number of carboxylic acid groups (broad SMARTS) is 1. The molecule has 4 N–H and O–H groups in total. The highest BCUT2D eigenvalue weighted by Crippen LogP contribution is 2.30. The Hall–Kier alpha value is -1.39. The van der Waals surface area contributed by atoms with Gasteiger partial charge in [0.1, 0.15) is 0 Å². The molecular formula is C13H18N2O2. The van der Waals surface area contributed by atoms with E-state index in [9.17, 15) is 9.90 Å². The van der Waals surface area contributed by atoms with Crippen LogP contribution in [0.1, 0.15) is 23.5 Å². The molecule has 1 aromatic carbocycles. The summed E-state index contributed by atoms with van der Waals surface area (Å²) in [7, 11) is 0. The Labute approximate surface area is 101 Å². The predicted molar refractivity (Wildman–Crippen MR) is 65.7 cm³/mol. The molecule has 1 saturated heterocycles. The Morgan fingerprint density at radius 2 is 2.12 bits per heavy atom. The van der Waals surface area contributed by atoms with Gasteiger partial charge in [-0.1, -0.05) is 24.3 Å². The van der Waals surface area contributed by atoms with Crippen LogP contribution in [0.5, 0.6) is 0 Å². The summed E-state index contributed by atoms with van der Waals surface area (Å²) in [5.74, 6) is -0.932. The second-order valence-corrected chi connectivity index (χ2v) is 4.49. The molecule has 4 nitrogen and oxygen atoms in total. The van der Waals surface area contributed by atoms with E-state index in [1.165, 1.54) is 0 Å². The number of nitrogens with two attached hydrogens (primary N) is 1. The van der Waals surface area contributed by atoms with Gasteiger partial charge < -0.3 is 16.2 Å². The summed E-state index contributed by atoms with van der Waals surface area (Å²) in [4.78, 5) is 11.2. The number of benzene rings is 1. The fraction of sp³-hybridized carbons (Fsp3) is 0.462. The van der Waals surface area contributed by atoms with Crippen LogP contribution in [0, 0.1) is 5.92 Å². The topological polar surface area (TPSA) is 75.3 Å². The molecule has 0 spiro atoms. The lowest BCUT2D eigenvalue weighted by Gasteiger charge is -2.29. The fourth-order valence-electron chi connectivity index (χ4n) is 2.42. The highest BCUT2D eigenvalue weighted by Gasteiger charge is 2.31. The molecule has 0 aliphatic carbocycles. The summed E-state index contributed by atoms with van der Waals surface area (Å²) < 4.78 is 0. The van der Waals surface area contributed by atoms with Crippen LogP contribution in [0.4, 0.5) is 0 Å². The van der Waals surface area contributed by atoms with E-state index in [4.69, 9.17) is 5.73 Å². The predicted octanol–water partition coefficient (Wildman–Crippen LogP) is 0.923. The van der Waals surface area contributed by atoms with Crippen LogP contribution in [0.15, 0.2) is 24.3 Å². The Balaban J connectivity index is 2.20. The van der Waals surface area contributed by atoms with Crippen LogP contribution < -0.4 is 11.1 Å². The first-order valence-corrected chi connectivity index (χ1v) is 5.95. The van der Waals surface area contributed by atoms with Crippen LogP contribution in [-0.4, -0.2) is 24.2 Å². The molecule has 1 aliphatic rings. The van der Waals surface area contributed by atoms with Gasteiger partial charge in [-0.3, -0.25) is 4.79 Å². The van der Waals surface area contributed by atoms with E-state index in [1.807, 2.05) is 24.3 Å². The second kappa shape index (κ2) is 5.29. The van der Waals surface area contributed by atoms with Crippen molar-refractivity contribution in [3.8, 4) is 0 Å². The number of hydrogen-bond acceptors (Lipinski definition) is 3. The third kappa shape index (κ3) is 2.65. The Morgan fingerprint density at radius 1 is 1.41 bits per heavy atom. The number of nitrogens with one attached hydrogen (secondary N) is 1. The highest BCUT2D eigenvalue weighted by atomic mass is 16.4. The molecule has 0 aromatic heterocycles. The van der Waals surface area contributed by atoms with Gasteiger partial charge in [-0.15, -0.1) is 0 Å². The van der Waals surface area contributed by atoms with Gasteiger partial charge in [-0.2, -0.15) is 0 Å². The Morgan fingerprint density at radius 3 is 2.71 bits per heavy atom. The lowest BCUT2D eigenvalue weighted by Crippen LogP contribution is -2.39. The van der Waals surface area contributed by atoms with Gasteiger partial charge >= 0.3 is 5.97 Å². The largest absolute Gasteiger partial charge is 0.481 e. The number of hydrogen-bond donors (Lipinski definition) is 3. The van der Waals surface area contributed by atoms with E-state index in [-0.39, 0.29) is 11.8 Å². The van der Waals surface area contributed by atoms with Crippen molar-refractivity contribution >= 4 is 5.97 Å². The molecule has 0 bridgehead atoms. The number of aliphatic carboxylic acids is 1. The van der Waals surface area contributed by atoms with E-state index < -0.39 is 5.97 Å². The molecule has 4 heteroatoms. The molecule has 1 aromatic rings. The van der Waals surface area contributed by atoms with Crippen molar-refractivity contribution in [2.24, 2.45) is 11.7 Å². The smallest absolute Gasteiger partial charge is 0.308 e. The van der Waals surface area contributed by atoms with E-state index in [2.05, 4.69) is 5.32 Å². The second-order valence-electron chi connectivity index (χ2n) is 4.49. The summed E-state index contributed by atoms with van der Waals surface area (Å²) in [6, 6.07) is 7.98. The molecule has 2 atom stereocenters. The SMILES string of the molecule is NCc1ccc(C2CCNCC2C(=O)O)cc1. The summed E-state index contributed by atoms with van der Waals surface area (Å²) >= 11 is 0. The number of carbonyl (C=O) groups is 1. The van der Waals surface area contributed by atoms with Crippen molar-refractivity contribution in [1.82, 2.24) is 5.32 Å². The summed E-state index contributed by atoms with van der Waals surface area (Å²) in [6.45, 7) is 1.96. The van der Waals surface area contributed by atoms with Crippen LogP contribution in [0.25, 0.3) is 0 Å². The molecule has 2 rings (SSSR count). The van der Waals surface area contributed by atoms with Crippen molar-refractivity contribution in [3.63, 3.8) is 0 Å². The van der Waals surface area contributed by atoms with Crippen molar-refractivity contribution in [2.45, 2.75) is 18.9 Å². The number of rotatable bonds is 3. The van der Waals surface area contributed by atoms with Gasteiger partial charge in [-0.05, 0) is 30.0 Å². The molecule has 17 heavy (non-hydrogen) atoms. The third-order valence-electron chi connectivity index (χ3n) is 3.44. The first-order chi connectivity index (χ1) is 8.22. The summed E-state index contributed by atoms with van der Waals surface area (Å²) in [5.41, 5.74) is 7.74. The molecule has 0 radical (unpaired) electrons. The molecule has 1 fully saturated rings. The Bertz CT molecular complexity index is 389. The minimum Gasteiger partial charge on any atom is -0.481 e. The van der Waals surface area contributed by atoms with Gasteiger partial charge in [-0.25, -0.2) is 0 Å². The lowest BCUT2D eigenvalue weighted by molar-refractivity contribution is -0.142. The molecular weight excluding hydrogens is 216 g/mol.